The second-order valence-electron chi connectivity index (χ2n) is 8.77. The van der Waals surface area contributed by atoms with Crippen LogP contribution in [0.25, 0.3) is 0 Å². The molecule has 0 bridgehead atoms. The van der Waals surface area contributed by atoms with Gasteiger partial charge in [0.2, 0.25) is 0 Å². The number of rotatable bonds is 7. The van der Waals surface area contributed by atoms with Gasteiger partial charge in [-0.3, -0.25) is 0 Å². The minimum absolute atomic E-state index is 0.0232. The van der Waals surface area contributed by atoms with Crippen LogP contribution in [0.4, 0.5) is 28.9 Å². The normalized spacial score (nSPS) is 17.6. The summed E-state index contributed by atoms with van der Waals surface area (Å²) in [5.41, 5.74) is 11.8. The first-order valence-corrected chi connectivity index (χ1v) is 10.8. The van der Waals surface area contributed by atoms with E-state index in [4.69, 9.17) is 20.9 Å². The summed E-state index contributed by atoms with van der Waals surface area (Å²) in [5.74, 6) is -9.13. The number of ether oxygens (including phenoxy) is 2. The molecule has 2 aromatic carbocycles. The molecule has 0 radical (unpaired) electrons. The van der Waals surface area contributed by atoms with Crippen molar-refractivity contribution < 1.29 is 27.0 Å². The Balaban J connectivity index is 1.81. The lowest BCUT2D eigenvalue weighted by atomic mass is 9.77. The Labute approximate surface area is 184 Å². The summed E-state index contributed by atoms with van der Waals surface area (Å²) in [7, 11) is 2.57. The van der Waals surface area contributed by atoms with Gasteiger partial charge in [-0.1, -0.05) is 12.8 Å². The Morgan fingerprint density at radius 3 is 1.28 bits per heavy atom. The fraction of sp³-hybridized carbons (Fsp3) is 0.500. The van der Waals surface area contributed by atoms with Crippen LogP contribution in [0.15, 0.2) is 24.3 Å². The van der Waals surface area contributed by atoms with Crippen LogP contribution in [0.1, 0.15) is 72.6 Å². The zero-order valence-electron chi connectivity index (χ0n) is 18.2. The summed E-state index contributed by atoms with van der Waals surface area (Å²) in [5, 5.41) is 0. The number of nitrogen functional groups attached to an aromatic ring is 2. The second-order valence-corrected chi connectivity index (χ2v) is 8.77. The summed E-state index contributed by atoms with van der Waals surface area (Å²) in [4.78, 5) is 0. The average Bonchev–Trinajstić information content (AvgIpc) is 2.67. The molecule has 0 unspecified atom stereocenters. The number of methoxy groups -OCH3 is 2. The van der Waals surface area contributed by atoms with E-state index in [0.29, 0.717) is 11.1 Å². The zero-order valence-corrected chi connectivity index (χ0v) is 18.2. The molecule has 4 rings (SSSR count). The van der Waals surface area contributed by atoms with Crippen molar-refractivity contribution >= 4 is 11.4 Å². The summed E-state index contributed by atoms with van der Waals surface area (Å²) in [6.45, 7) is 0. The second kappa shape index (κ2) is 8.05. The molecule has 8 heteroatoms. The third-order valence-corrected chi connectivity index (χ3v) is 7.00. The molecule has 0 spiro atoms. The number of hydrogen-bond acceptors (Lipinski definition) is 4. The van der Waals surface area contributed by atoms with Crippen LogP contribution in [-0.2, 0) is 11.8 Å². The molecule has 4 N–H and O–H groups in total. The first-order chi connectivity index (χ1) is 15.1. The molecule has 2 fully saturated rings. The zero-order chi connectivity index (χ0) is 23.3. The monoisotopic (exact) mass is 452 g/mol. The summed E-state index contributed by atoms with van der Waals surface area (Å²) >= 11 is 0. The number of nitrogens with two attached hydrogens (primary N) is 2. The Morgan fingerprint density at radius 2 is 1.03 bits per heavy atom. The Bertz CT molecular complexity index is 936. The first-order valence-electron chi connectivity index (χ1n) is 10.8. The van der Waals surface area contributed by atoms with E-state index in [1.54, 1.807) is 0 Å². The molecule has 2 aliphatic carbocycles. The predicted octanol–water partition coefficient (Wildman–Crippen LogP) is 6.29. The van der Waals surface area contributed by atoms with Crippen molar-refractivity contribution in [3.05, 3.63) is 46.5 Å². The number of halogens is 4. The maximum atomic E-state index is 15.5. The van der Waals surface area contributed by atoms with E-state index in [0.717, 1.165) is 62.8 Å². The van der Waals surface area contributed by atoms with Gasteiger partial charge in [0.1, 0.15) is 11.5 Å². The first kappa shape index (κ1) is 22.6. The molecular weight excluding hydrogens is 424 g/mol. The number of hydrogen-bond donors (Lipinski definition) is 2. The van der Waals surface area contributed by atoms with Crippen molar-refractivity contribution in [3.63, 3.8) is 0 Å². The van der Waals surface area contributed by atoms with Gasteiger partial charge in [-0.25, -0.2) is 0 Å². The molecule has 0 amide bonds. The maximum absolute atomic E-state index is 15.5. The van der Waals surface area contributed by atoms with Crippen molar-refractivity contribution in [2.24, 2.45) is 0 Å². The number of anilines is 2. The van der Waals surface area contributed by atoms with E-state index < -0.39 is 23.0 Å². The predicted molar refractivity (Wildman–Crippen MR) is 116 cm³/mol. The molecule has 2 saturated carbocycles. The van der Waals surface area contributed by atoms with Gasteiger partial charge < -0.3 is 20.9 Å². The van der Waals surface area contributed by atoms with Crippen LogP contribution in [0.3, 0.4) is 0 Å². The smallest absolute Gasteiger partial charge is 0.339 e. The summed E-state index contributed by atoms with van der Waals surface area (Å²) in [6.07, 6.45) is 4.99. The summed E-state index contributed by atoms with van der Waals surface area (Å²) in [6, 6.07) is 4.04. The molecule has 32 heavy (non-hydrogen) atoms. The largest absolute Gasteiger partial charge is 0.495 e. The Kier molecular flexibility index (Phi) is 5.67. The topological polar surface area (TPSA) is 70.5 Å². The lowest BCUT2D eigenvalue weighted by Gasteiger charge is -2.33. The maximum Gasteiger partial charge on any atom is 0.339 e. The number of alkyl halides is 4. The third-order valence-electron chi connectivity index (χ3n) is 7.00. The highest BCUT2D eigenvalue weighted by atomic mass is 19.3. The lowest BCUT2D eigenvalue weighted by molar-refractivity contribution is -0.224. The van der Waals surface area contributed by atoms with E-state index in [2.05, 4.69) is 0 Å². The van der Waals surface area contributed by atoms with E-state index in [-0.39, 0.29) is 34.7 Å². The fourth-order valence-electron chi connectivity index (χ4n) is 4.47. The molecule has 174 valence electrons. The van der Waals surface area contributed by atoms with Crippen LogP contribution in [-0.4, -0.2) is 14.2 Å². The van der Waals surface area contributed by atoms with E-state index >= 15 is 17.6 Å². The van der Waals surface area contributed by atoms with Gasteiger partial charge in [0.25, 0.3) is 0 Å². The van der Waals surface area contributed by atoms with Gasteiger partial charge in [-0.2, -0.15) is 17.6 Å². The Hall–Kier alpha value is -2.64. The molecule has 2 aromatic rings. The van der Waals surface area contributed by atoms with Gasteiger partial charge in [0.05, 0.1) is 25.6 Å². The fourth-order valence-corrected chi connectivity index (χ4v) is 4.47. The van der Waals surface area contributed by atoms with Crippen LogP contribution in [0, 0.1) is 0 Å². The summed E-state index contributed by atoms with van der Waals surface area (Å²) < 4.78 is 72.2. The Morgan fingerprint density at radius 1 is 0.688 bits per heavy atom. The van der Waals surface area contributed by atoms with Crippen molar-refractivity contribution in [2.45, 2.75) is 62.2 Å². The van der Waals surface area contributed by atoms with Crippen LogP contribution < -0.4 is 20.9 Å². The highest BCUT2D eigenvalue weighted by Crippen LogP contribution is 2.54. The minimum Gasteiger partial charge on any atom is -0.495 e. The molecule has 0 aromatic heterocycles. The van der Waals surface area contributed by atoms with Crippen LogP contribution in [0.2, 0.25) is 0 Å². The van der Waals surface area contributed by atoms with E-state index in [1.807, 2.05) is 0 Å². The molecule has 4 nitrogen and oxygen atoms in total. The van der Waals surface area contributed by atoms with Crippen molar-refractivity contribution in [2.75, 3.05) is 25.7 Å². The van der Waals surface area contributed by atoms with Gasteiger partial charge in [-0.15, -0.1) is 0 Å². The van der Waals surface area contributed by atoms with E-state index in [1.165, 1.54) is 14.2 Å². The van der Waals surface area contributed by atoms with Crippen molar-refractivity contribution in [3.8, 4) is 11.5 Å². The molecule has 2 aliphatic rings. The molecule has 0 aliphatic heterocycles. The van der Waals surface area contributed by atoms with Crippen LogP contribution >= 0.6 is 0 Å². The third kappa shape index (κ3) is 3.44. The van der Waals surface area contributed by atoms with Gasteiger partial charge in [0.15, 0.2) is 0 Å². The number of benzene rings is 2. The standard InChI is InChI=1S/C24H28F4N2O2/c1-31-19-11-15(9-17(21(19)29)13-5-3-6-13)23(25,26)24(27,28)16-10-18(14-7-4-8-14)22(30)20(12-16)32-2/h9-14H,3-8,29-30H2,1-2H3. The highest BCUT2D eigenvalue weighted by Gasteiger charge is 2.59. The average molecular weight is 452 g/mol. The molecular formula is C24H28F4N2O2. The van der Waals surface area contributed by atoms with Crippen LogP contribution in [0.5, 0.6) is 11.5 Å². The molecule has 0 saturated heterocycles. The SMILES string of the molecule is COc1cc(C(F)(F)C(F)(F)c2cc(OC)c(N)c(C3CCC3)c2)cc(C2CCC2)c1N. The molecule has 0 heterocycles. The minimum atomic E-state index is -4.51. The molecule has 0 atom stereocenters. The highest BCUT2D eigenvalue weighted by molar-refractivity contribution is 5.64. The van der Waals surface area contributed by atoms with E-state index in [9.17, 15) is 0 Å². The van der Waals surface area contributed by atoms with Crippen molar-refractivity contribution in [1.82, 2.24) is 0 Å². The van der Waals surface area contributed by atoms with Gasteiger partial charge >= 0.3 is 11.8 Å². The quantitative estimate of drug-likeness (QED) is 0.383. The lowest BCUT2D eigenvalue weighted by Crippen LogP contribution is -2.36. The van der Waals surface area contributed by atoms with Gasteiger partial charge in [0, 0.05) is 11.1 Å². The van der Waals surface area contributed by atoms with Crippen molar-refractivity contribution in [1.29, 1.82) is 0 Å². The van der Waals surface area contributed by atoms with Gasteiger partial charge in [-0.05, 0) is 72.9 Å².